The maximum atomic E-state index is 12.1. The molecule has 4 fully saturated rings. The van der Waals surface area contributed by atoms with Gasteiger partial charge in [-0.3, -0.25) is 9.59 Å². The van der Waals surface area contributed by atoms with Crippen LogP contribution < -0.4 is 14.2 Å². The molecule has 9 aromatic carbocycles. The van der Waals surface area contributed by atoms with Crippen LogP contribution in [0.3, 0.4) is 0 Å². The molecule has 13 rings (SSSR count). The van der Waals surface area contributed by atoms with Crippen molar-refractivity contribution in [1.82, 2.24) is 0 Å². The van der Waals surface area contributed by atoms with Crippen LogP contribution in [0.15, 0.2) is 194 Å². The molecule has 0 bridgehead atoms. The third kappa shape index (κ3) is 51.4. The molecule has 15 nitrogen and oxygen atoms in total. The van der Waals surface area contributed by atoms with E-state index in [4.69, 9.17) is 43.0 Å². The number of para-hydroxylation sites is 3. The van der Waals surface area contributed by atoms with Crippen molar-refractivity contribution in [2.24, 2.45) is 5.92 Å². The molecular weight excluding hydrogens is 1720 g/mol. The summed E-state index contributed by atoms with van der Waals surface area (Å²) in [4.78, 5) is 24.1. The number of aryl methyl sites for hydroxylation is 8. The fourth-order valence-corrected chi connectivity index (χ4v) is 15.3. The van der Waals surface area contributed by atoms with Crippen molar-refractivity contribution in [3.8, 4) is 46.0 Å². The number of esters is 2. The zero-order valence-electron chi connectivity index (χ0n) is 82.8. The van der Waals surface area contributed by atoms with Crippen LogP contribution in [0.2, 0.25) is 0 Å². The summed E-state index contributed by atoms with van der Waals surface area (Å²) in [6, 6.07) is 64.5. The van der Waals surface area contributed by atoms with Gasteiger partial charge in [0.1, 0.15) is 84.1 Å². The lowest BCUT2D eigenvalue weighted by atomic mass is 9.73. The quantitative estimate of drug-likeness (QED) is 0.0107. The summed E-state index contributed by atoms with van der Waals surface area (Å²) >= 11 is 0. The number of rotatable bonds is 36. The number of carbonyl (C=O) groups excluding carboxylic acids is 2. The number of phenols is 5. The molecule has 15 heteroatoms. The molecule has 0 aromatic heterocycles. The lowest BCUT2D eigenvalue weighted by Gasteiger charge is -2.31. The Balaban J connectivity index is -0.000000512. The lowest BCUT2D eigenvalue weighted by molar-refractivity contribution is -0.144. The third-order valence-corrected chi connectivity index (χ3v) is 23.1. The second-order valence-electron chi connectivity index (χ2n) is 37.6. The molecular formula is C123H198O15. The van der Waals surface area contributed by atoms with Gasteiger partial charge in [0.05, 0.1) is 33.0 Å². The van der Waals surface area contributed by atoms with Crippen molar-refractivity contribution < 1.29 is 73.0 Å². The highest BCUT2D eigenvalue weighted by molar-refractivity contribution is 5.69. The van der Waals surface area contributed by atoms with E-state index in [1.807, 2.05) is 192 Å². The molecule has 5 N–H and O–H groups in total. The minimum absolute atomic E-state index is 0. The molecule has 1 aliphatic carbocycles. The van der Waals surface area contributed by atoms with Gasteiger partial charge in [-0.25, -0.2) is 0 Å². The average Bonchev–Trinajstić information content (AvgIpc) is 1.58. The van der Waals surface area contributed by atoms with Gasteiger partial charge in [0.15, 0.2) is 0 Å². The number of benzene rings is 9. The number of hydrogen-bond donors (Lipinski definition) is 5. The van der Waals surface area contributed by atoms with Crippen molar-refractivity contribution in [2.45, 2.75) is 387 Å². The monoisotopic (exact) mass is 1920 g/mol. The summed E-state index contributed by atoms with van der Waals surface area (Å²) in [5.41, 5.74) is 14.6. The number of aromatic hydroxyl groups is 5. The number of phenolic OH excluding ortho intramolecular Hbond substituents is 5. The van der Waals surface area contributed by atoms with Gasteiger partial charge >= 0.3 is 11.9 Å². The number of carbonyl (C=O) groups is 2. The molecule has 3 heterocycles. The van der Waals surface area contributed by atoms with E-state index in [9.17, 15) is 30.0 Å². The molecule has 780 valence electrons. The zero-order valence-corrected chi connectivity index (χ0v) is 82.8. The van der Waals surface area contributed by atoms with Crippen LogP contribution in [0.5, 0.6) is 46.0 Å². The van der Waals surface area contributed by atoms with Crippen molar-refractivity contribution in [2.75, 3.05) is 52.9 Å². The SMILES string of the molecule is C.C.C.C.C.C.C.C.C.CC(C)(CC1(c2ccccc2)CC1)c1ccccc1.CCC.CCC.CCCCCCOC(=O)CCCC(C)(C)c1cc(O)c(C(C)(C)CCCC(=O)OCCCCCC)cc1O.Cc1cc(C)c(O)c(C(c2cc(C)cc(C)c2O)C(C)C)c1.Cc1ccc(O)cc1.Cc1ccccc1OCC1CO1.Cc1ccccc1OCC1CO1.Cc1ccccc1OCC1CO1. The summed E-state index contributed by atoms with van der Waals surface area (Å²) in [7, 11) is 0. The molecule has 3 aliphatic heterocycles. The molecule has 9 aromatic rings. The van der Waals surface area contributed by atoms with Crippen molar-refractivity contribution in [1.29, 1.82) is 0 Å². The van der Waals surface area contributed by atoms with Crippen LogP contribution in [0, 0.1) is 61.3 Å². The first-order valence-electron chi connectivity index (χ1n) is 47.7. The average molecular weight is 1920 g/mol. The summed E-state index contributed by atoms with van der Waals surface area (Å²) < 4.78 is 42.4. The molecule has 3 unspecified atom stereocenters. The van der Waals surface area contributed by atoms with E-state index >= 15 is 0 Å². The number of epoxide rings is 3. The number of ether oxygens (including phenoxy) is 8. The van der Waals surface area contributed by atoms with Crippen molar-refractivity contribution in [3.05, 3.63) is 272 Å². The lowest BCUT2D eigenvalue weighted by Crippen LogP contribution is -2.24. The fourth-order valence-electron chi connectivity index (χ4n) is 15.3. The Morgan fingerprint density at radius 3 is 1.00 bits per heavy atom. The minimum Gasteiger partial charge on any atom is -0.508 e. The van der Waals surface area contributed by atoms with E-state index in [-0.39, 0.29) is 108 Å². The summed E-state index contributed by atoms with van der Waals surface area (Å²) in [5, 5.41) is 51.7. The summed E-state index contributed by atoms with van der Waals surface area (Å²) in [6.07, 6.45) is 19.4. The Labute approximate surface area is 843 Å². The predicted octanol–water partition coefficient (Wildman–Crippen LogP) is 34.0. The van der Waals surface area contributed by atoms with Crippen LogP contribution in [0.1, 0.15) is 370 Å². The van der Waals surface area contributed by atoms with Gasteiger partial charge in [-0.05, 0) is 222 Å². The Hall–Kier alpha value is -9.80. The number of unbranched alkanes of at least 4 members (excludes halogenated alkanes) is 6. The highest BCUT2D eigenvalue weighted by atomic mass is 16.6. The first kappa shape index (κ1) is 137. The van der Waals surface area contributed by atoms with Gasteiger partial charge in [-0.2, -0.15) is 0 Å². The van der Waals surface area contributed by atoms with E-state index in [0.717, 1.165) is 122 Å². The third-order valence-electron chi connectivity index (χ3n) is 23.1. The fraction of sp³-hybridized carbons (Fsp3) is 0.545. The maximum absolute atomic E-state index is 12.1. The highest BCUT2D eigenvalue weighted by Gasteiger charge is 2.48. The topological polar surface area (TPSA) is 219 Å². The van der Waals surface area contributed by atoms with Crippen LogP contribution in [-0.4, -0.2) is 109 Å². The normalized spacial score (nSPS) is 13.6. The van der Waals surface area contributed by atoms with Gasteiger partial charge < -0.3 is 63.4 Å². The van der Waals surface area contributed by atoms with E-state index in [0.29, 0.717) is 124 Å². The summed E-state index contributed by atoms with van der Waals surface area (Å²) in [6.45, 7) is 51.5. The second kappa shape index (κ2) is 71.6. The van der Waals surface area contributed by atoms with Crippen LogP contribution in [0.4, 0.5) is 0 Å². The molecule has 4 aliphatic rings. The zero-order chi connectivity index (χ0) is 95.1. The van der Waals surface area contributed by atoms with Crippen LogP contribution >= 0.6 is 0 Å². The van der Waals surface area contributed by atoms with Crippen molar-refractivity contribution in [3.63, 3.8) is 0 Å². The van der Waals surface area contributed by atoms with Crippen molar-refractivity contribution >= 4 is 11.9 Å². The van der Waals surface area contributed by atoms with E-state index in [1.54, 1.807) is 24.3 Å². The smallest absolute Gasteiger partial charge is 0.305 e. The molecule has 0 radical (unpaired) electrons. The molecule has 138 heavy (non-hydrogen) atoms. The summed E-state index contributed by atoms with van der Waals surface area (Å²) in [5.74, 6) is 4.05. The Morgan fingerprint density at radius 2 is 0.703 bits per heavy atom. The highest BCUT2D eigenvalue weighted by Crippen LogP contribution is 2.55. The molecule has 1 saturated carbocycles. The maximum Gasteiger partial charge on any atom is 0.305 e. The largest absolute Gasteiger partial charge is 0.508 e. The molecule has 0 amide bonds. The Morgan fingerprint density at radius 1 is 0.384 bits per heavy atom. The Bertz CT molecular complexity index is 4320. The first-order valence-corrected chi connectivity index (χ1v) is 47.7. The first-order chi connectivity index (χ1) is 61.5. The van der Waals surface area contributed by atoms with Crippen LogP contribution in [-0.2, 0) is 54.9 Å². The number of hydrogen-bond acceptors (Lipinski definition) is 15. The predicted molar refractivity (Wildman–Crippen MR) is 592 cm³/mol. The minimum atomic E-state index is -0.424. The Kier molecular flexibility index (Phi) is 70.9. The van der Waals surface area contributed by atoms with E-state index in [2.05, 4.69) is 130 Å². The van der Waals surface area contributed by atoms with Gasteiger partial charge in [0.2, 0.25) is 0 Å². The van der Waals surface area contributed by atoms with Crippen LogP contribution in [0.25, 0.3) is 0 Å². The standard InChI is InChI=1S/C32H54O6.C20H26O2.C19H22.3C10H12O2.C7H8O.2C3H8.9CH4/c1-7-9-11-13-21-37-29(35)17-15-19-31(3,4)25-23-28(34)26(24-27(25)33)32(5,6)20-16-18-30(36)38-22-14-12-10-8-2;1-11(2)18(16-9-12(3)7-14(5)19(16)21)17-10-13(4)8-15(6)20(17)22;1-18(2,16-9-5-3-6-10-16)15-19(13-14-19)17-11-7-4-8-12-17;3*1-8-4-2-3-5-10(8)12-7-9-6-11-9;1-6-2-4-7(8)5-3-6;2*1-3-2;;;;;;;;;/h23-24,33-34H,7-22H2,1-6H3;7-11,18,21-22H,1-6H3;3-12H,13-15H2,1-2H3;3*2-5,9H,6-7H2,1H3;2-5,8H,1H3;2*3H2,1-2H3;9*1H4. The van der Waals surface area contributed by atoms with Gasteiger partial charge in [-0.15, -0.1) is 0 Å². The molecule has 0 spiro atoms. The van der Waals surface area contributed by atoms with Gasteiger partial charge in [0.25, 0.3) is 0 Å². The van der Waals surface area contributed by atoms with Gasteiger partial charge in [0, 0.05) is 41.0 Å². The van der Waals surface area contributed by atoms with Gasteiger partial charge in [-0.1, -0.05) is 383 Å². The molecule has 3 atom stereocenters. The molecule has 3 saturated heterocycles. The second-order valence-corrected chi connectivity index (χ2v) is 37.6. The van der Waals surface area contributed by atoms with E-state index < -0.39 is 10.8 Å². The van der Waals surface area contributed by atoms with E-state index in [1.165, 1.54) is 65.5 Å².